The van der Waals surface area contributed by atoms with Crippen molar-refractivity contribution in [1.29, 1.82) is 0 Å². The summed E-state index contributed by atoms with van der Waals surface area (Å²) in [4.78, 5) is 27.6. The Kier molecular flexibility index (Phi) is 4.90. The quantitative estimate of drug-likeness (QED) is 0.617. The van der Waals surface area contributed by atoms with E-state index in [-0.39, 0.29) is 12.0 Å². The SMILES string of the molecule is O=C(O)CC(Cc1ccccc1Cl)NC(=O)c1cnc2nn[nH]c2c1. The van der Waals surface area contributed by atoms with E-state index in [2.05, 4.69) is 25.7 Å². The van der Waals surface area contributed by atoms with Crippen molar-refractivity contribution < 1.29 is 14.7 Å². The minimum Gasteiger partial charge on any atom is -0.481 e. The summed E-state index contributed by atoms with van der Waals surface area (Å²) in [6.45, 7) is 0. The monoisotopic (exact) mass is 359 g/mol. The Balaban J connectivity index is 1.78. The molecule has 2 heterocycles. The van der Waals surface area contributed by atoms with Gasteiger partial charge in [-0.2, -0.15) is 0 Å². The number of carboxylic acids is 1. The molecule has 2 aromatic heterocycles. The fourth-order valence-electron chi connectivity index (χ4n) is 2.45. The van der Waals surface area contributed by atoms with E-state index in [9.17, 15) is 9.59 Å². The number of H-pyrrole nitrogens is 1. The lowest BCUT2D eigenvalue weighted by atomic mass is 10.0. The van der Waals surface area contributed by atoms with Crippen LogP contribution in [0.1, 0.15) is 22.3 Å². The van der Waals surface area contributed by atoms with Crippen molar-refractivity contribution in [2.24, 2.45) is 0 Å². The number of fused-ring (bicyclic) bond motifs is 1. The molecule has 1 unspecified atom stereocenters. The molecule has 3 rings (SSSR count). The van der Waals surface area contributed by atoms with Gasteiger partial charge in [-0.3, -0.25) is 14.7 Å². The van der Waals surface area contributed by atoms with Crippen LogP contribution in [-0.2, 0) is 11.2 Å². The van der Waals surface area contributed by atoms with Crippen molar-refractivity contribution >= 4 is 34.6 Å². The van der Waals surface area contributed by atoms with Crippen LogP contribution in [0.4, 0.5) is 0 Å². The van der Waals surface area contributed by atoms with Gasteiger partial charge in [0.1, 0.15) is 5.52 Å². The fourth-order valence-corrected chi connectivity index (χ4v) is 2.67. The first-order valence-electron chi connectivity index (χ1n) is 7.46. The summed E-state index contributed by atoms with van der Waals surface area (Å²) in [5, 5.41) is 22.3. The van der Waals surface area contributed by atoms with Crippen molar-refractivity contribution in [3.8, 4) is 0 Å². The van der Waals surface area contributed by atoms with Crippen LogP contribution in [0.15, 0.2) is 36.5 Å². The van der Waals surface area contributed by atoms with Crippen molar-refractivity contribution in [2.45, 2.75) is 18.9 Å². The molecule has 0 aliphatic carbocycles. The van der Waals surface area contributed by atoms with Crippen LogP contribution in [0.25, 0.3) is 11.2 Å². The number of halogens is 1. The number of aromatic nitrogens is 4. The Bertz CT molecular complexity index is 927. The summed E-state index contributed by atoms with van der Waals surface area (Å²) in [7, 11) is 0. The number of hydrogen-bond donors (Lipinski definition) is 3. The largest absolute Gasteiger partial charge is 0.481 e. The van der Waals surface area contributed by atoms with E-state index in [4.69, 9.17) is 16.7 Å². The Labute approximate surface area is 147 Å². The molecule has 1 atom stereocenters. The van der Waals surface area contributed by atoms with Gasteiger partial charge in [0, 0.05) is 17.3 Å². The lowest BCUT2D eigenvalue weighted by molar-refractivity contribution is -0.137. The molecule has 1 aromatic carbocycles. The summed E-state index contributed by atoms with van der Waals surface area (Å²) >= 11 is 6.12. The number of hydrogen-bond acceptors (Lipinski definition) is 5. The molecular formula is C16H14ClN5O3. The van der Waals surface area contributed by atoms with Gasteiger partial charge in [0.2, 0.25) is 5.65 Å². The van der Waals surface area contributed by atoms with Crippen LogP contribution in [0, 0.1) is 0 Å². The summed E-state index contributed by atoms with van der Waals surface area (Å²) in [6, 6.07) is 8.07. The number of nitrogens with zero attached hydrogens (tertiary/aromatic N) is 3. The summed E-state index contributed by atoms with van der Waals surface area (Å²) in [6.07, 6.45) is 1.45. The number of benzene rings is 1. The molecule has 0 aliphatic rings. The number of carbonyl (C=O) groups excluding carboxylic acids is 1. The van der Waals surface area contributed by atoms with E-state index in [1.165, 1.54) is 6.20 Å². The fraction of sp³-hybridized carbons (Fsp3) is 0.188. The van der Waals surface area contributed by atoms with Crippen molar-refractivity contribution in [2.75, 3.05) is 0 Å². The number of rotatable bonds is 6. The average molecular weight is 360 g/mol. The molecular weight excluding hydrogens is 346 g/mol. The number of aromatic amines is 1. The molecule has 0 spiro atoms. The Hall–Kier alpha value is -3.00. The van der Waals surface area contributed by atoms with Gasteiger partial charge in [-0.25, -0.2) is 4.98 Å². The Morgan fingerprint density at radius 3 is 2.88 bits per heavy atom. The van der Waals surface area contributed by atoms with E-state index < -0.39 is 17.9 Å². The van der Waals surface area contributed by atoms with Gasteiger partial charge in [-0.15, -0.1) is 5.10 Å². The smallest absolute Gasteiger partial charge is 0.305 e. The highest BCUT2D eigenvalue weighted by molar-refractivity contribution is 6.31. The Morgan fingerprint density at radius 1 is 1.32 bits per heavy atom. The average Bonchev–Trinajstić information content (AvgIpc) is 3.04. The third kappa shape index (κ3) is 4.10. The molecule has 0 radical (unpaired) electrons. The maximum Gasteiger partial charge on any atom is 0.305 e. The summed E-state index contributed by atoms with van der Waals surface area (Å²) in [5.41, 5.74) is 1.97. The molecule has 1 amide bonds. The van der Waals surface area contributed by atoms with Crippen molar-refractivity contribution in [3.05, 3.63) is 52.7 Å². The number of nitrogens with one attached hydrogen (secondary N) is 2. The highest BCUT2D eigenvalue weighted by Crippen LogP contribution is 2.18. The van der Waals surface area contributed by atoms with Gasteiger partial charge in [-0.1, -0.05) is 35.0 Å². The molecule has 3 aromatic rings. The standard InChI is InChI=1S/C16H14ClN5O3/c17-12-4-2-1-3-9(12)5-11(7-14(23)24)19-16(25)10-6-13-15(18-8-10)21-22-20-13/h1-4,6,8,11H,5,7H2,(H,19,25)(H,23,24)(H,18,20,21,22). The molecule has 3 N–H and O–H groups in total. The van der Waals surface area contributed by atoms with E-state index in [1.807, 2.05) is 6.07 Å². The van der Waals surface area contributed by atoms with Gasteiger partial charge < -0.3 is 10.4 Å². The molecule has 8 nitrogen and oxygen atoms in total. The van der Waals surface area contributed by atoms with Crippen LogP contribution in [0.2, 0.25) is 5.02 Å². The minimum atomic E-state index is -1.01. The maximum atomic E-state index is 12.4. The minimum absolute atomic E-state index is 0.224. The number of aliphatic carboxylic acids is 1. The number of amides is 1. The highest BCUT2D eigenvalue weighted by Gasteiger charge is 2.19. The van der Waals surface area contributed by atoms with Crippen molar-refractivity contribution in [1.82, 2.24) is 25.7 Å². The molecule has 0 saturated heterocycles. The first-order chi connectivity index (χ1) is 12.0. The van der Waals surface area contributed by atoms with E-state index in [1.54, 1.807) is 24.3 Å². The maximum absolute atomic E-state index is 12.4. The molecule has 128 valence electrons. The van der Waals surface area contributed by atoms with Crippen LogP contribution >= 0.6 is 11.6 Å². The Morgan fingerprint density at radius 2 is 2.12 bits per heavy atom. The zero-order valence-corrected chi connectivity index (χ0v) is 13.7. The third-order valence-electron chi connectivity index (χ3n) is 3.62. The molecule has 9 heteroatoms. The van der Waals surface area contributed by atoms with Crippen LogP contribution in [-0.4, -0.2) is 43.4 Å². The van der Waals surface area contributed by atoms with Crippen LogP contribution in [0.3, 0.4) is 0 Å². The molecule has 25 heavy (non-hydrogen) atoms. The first kappa shape index (κ1) is 16.8. The topological polar surface area (TPSA) is 121 Å². The van der Waals surface area contributed by atoms with E-state index in [0.29, 0.717) is 22.6 Å². The second kappa shape index (κ2) is 7.27. The van der Waals surface area contributed by atoms with E-state index >= 15 is 0 Å². The zero-order valence-electron chi connectivity index (χ0n) is 12.9. The van der Waals surface area contributed by atoms with Gasteiger partial charge in [0.25, 0.3) is 5.91 Å². The van der Waals surface area contributed by atoms with Crippen LogP contribution < -0.4 is 5.32 Å². The predicted octanol–water partition coefficient (Wildman–Crippen LogP) is 1.82. The van der Waals surface area contributed by atoms with Gasteiger partial charge in [-0.05, 0) is 24.1 Å². The lowest BCUT2D eigenvalue weighted by Crippen LogP contribution is -2.38. The van der Waals surface area contributed by atoms with Gasteiger partial charge in [0.05, 0.1) is 12.0 Å². The molecule has 0 aliphatic heterocycles. The lowest BCUT2D eigenvalue weighted by Gasteiger charge is -2.17. The molecule has 0 saturated carbocycles. The predicted molar refractivity (Wildman–Crippen MR) is 90.3 cm³/mol. The number of carboxylic acid groups (broad SMARTS) is 1. The zero-order chi connectivity index (χ0) is 17.8. The highest BCUT2D eigenvalue weighted by atomic mass is 35.5. The number of pyridine rings is 1. The normalized spacial score (nSPS) is 12.0. The molecule has 0 bridgehead atoms. The number of carbonyl (C=O) groups is 2. The second-order valence-electron chi connectivity index (χ2n) is 5.47. The van der Waals surface area contributed by atoms with Gasteiger partial charge in [0.15, 0.2) is 0 Å². The van der Waals surface area contributed by atoms with Gasteiger partial charge >= 0.3 is 5.97 Å². The summed E-state index contributed by atoms with van der Waals surface area (Å²) in [5.74, 6) is -1.44. The first-order valence-corrected chi connectivity index (χ1v) is 7.83. The summed E-state index contributed by atoms with van der Waals surface area (Å²) < 4.78 is 0. The third-order valence-corrected chi connectivity index (χ3v) is 3.99. The van der Waals surface area contributed by atoms with Crippen molar-refractivity contribution in [3.63, 3.8) is 0 Å². The van der Waals surface area contributed by atoms with E-state index in [0.717, 1.165) is 5.56 Å². The van der Waals surface area contributed by atoms with Crippen LogP contribution in [0.5, 0.6) is 0 Å². The second-order valence-corrected chi connectivity index (χ2v) is 5.88. The molecule has 0 fully saturated rings.